The summed E-state index contributed by atoms with van der Waals surface area (Å²) in [6.45, 7) is 3.90. The second kappa shape index (κ2) is 6.19. The molecule has 20 heavy (non-hydrogen) atoms. The molecule has 1 heterocycles. The van der Waals surface area contributed by atoms with Crippen LogP contribution in [-0.4, -0.2) is 18.1 Å². The first kappa shape index (κ1) is 14.1. The number of pyridine rings is 1. The van der Waals surface area contributed by atoms with E-state index >= 15 is 0 Å². The molecule has 1 atom stereocenters. The van der Waals surface area contributed by atoms with Crippen LogP contribution in [-0.2, 0) is 9.53 Å². The Kier molecular flexibility index (Phi) is 4.35. The Bertz CT molecular complexity index is 594. The standard InChI is InChI=1S/C16H18N2O2/c1-11-6-4-5-7-14(11)18-15(16(19)20-3)13-9-8-12(2)17-10-13/h4-10,15,18H,1-3H3. The summed E-state index contributed by atoms with van der Waals surface area (Å²) in [5, 5.41) is 3.22. The SMILES string of the molecule is COC(=O)C(Nc1ccccc1C)c1ccc(C)nc1. The summed E-state index contributed by atoms with van der Waals surface area (Å²) in [4.78, 5) is 16.2. The number of hydrogen-bond acceptors (Lipinski definition) is 4. The van der Waals surface area contributed by atoms with Crippen LogP contribution in [0.15, 0.2) is 42.6 Å². The van der Waals surface area contributed by atoms with Gasteiger partial charge >= 0.3 is 5.97 Å². The van der Waals surface area contributed by atoms with E-state index in [1.165, 1.54) is 7.11 Å². The van der Waals surface area contributed by atoms with Crippen molar-refractivity contribution in [2.75, 3.05) is 12.4 Å². The van der Waals surface area contributed by atoms with E-state index in [-0.39, 0.29) is 5.97 Å². The highest BCUT2D eigenvalue weighted by atomic mass is 16.5. The quantitative estimate of drug-likeness (QED) is 0.868. The number of rotatable bonds is 4. The van der Waals surface area contributed by atoms with Crippen LogP contribution < -0.4 is 5.32 Å². The van der Waals surface area contributed by atoms with Crippen molar-refractivity contribution in [2.45, 2.75) is 19.9 Å². The molecule has 0 saturated carbocycles. The highest BCUT2D eigenvalue weighted by Crippen LogP contribution is 2.23. The number of para-hydroxylation sites is 1. The van der Waals surface area contributed by atoms with Crippen molar-refractivity contribution >= 4 is 11.7 Å². The van der Waals surface area contributed by atoms with Crippen molar-refractivity contribution < 1.29 is 9.53 Å². The highest BCUT2D eigenvalue weighted by molar-refractivity contribution is 5.81. The van der Waals surface area contributed by atoms with Gasteiger partial charge in [0.1, 0.15) is 0 Å². The molecule has 0 saturated heterocycles. The number of carbonyl (C=O) groups excluding carboxylic acids is 1. The van der Waals surface area contributed by atoms with Crippen LogP contribution in [0.25, 0.3) is 0 Å². The van der Waals surface area contributed by atoms with Crippen LogP contribution >= 0.6 is 0 Å². The fourth-order valence-electron chi connectivity index (χ4n) is 1.94. The number of aromatic nitrogens is 1. The minimum absolute atomic E-state index is 0.334. The van der Waals surface area contributed by atoms with E-state index in [1.54, 1.807) is 6.20 Å². The Labute approximate surface area is 118 Å². The second-order valence-electron chi connectivity index (χ2n) is 4.65. The zero-order valence-electron chi connectivity index (χ0n) is 11.9. The van der Waals surface area contributed by atoms with E-state index in [4.69, 9.17) is 4.74 Å². The summed E-state index contributed by atoms with van der Waals surface area (Å²) >= 11 is 0. The van der Waals surface area contributed by atoms with Crippen molar-refractivity contribution in [1.29, 1.82) is 0 Å². The number of nitrogens with one attached hydrogen (secondary N) is 1. The van der Waals surface area contributed by atoms with Gasteiger partial charge in [0.2, 0.25) is 0 Å². The molecule has 0 fully saturated rings. The number of nitrogens with zero attached hydrogens (tertiary/aromatic N) is 1. The molecule has 1 aromatic carbocycles. The summed E-state index contributed by atoms with van der Waals surface area (Å²) in [7, 11) is 1.39. The van der Waals surface area contributed by atoms with Gasteiger partial charge in [-0.05, 0) is 31.5 Å². The lowest BCUT2D eigenvalue weighted by molar-refractivity contribution is -0.141. The maximum absolute atomic E-state index is 12.0. The van der Waals surface area contributed by atoms with Crippen LogP contribution in [0, 0.1) is 13.8 Å². The second-order valence-corrected chi connectivity index (χ2v) is 4.65. The summed E-state index contributed by atoms with van der Waals surface area (Å²) in [5.74, 6) is -0.334. The van der Waals surface area contributed by atoms with Crippen molar-refractivity contribution in [3.05, 3.63) is 59.4 Å². The normalized spacial score (nSPS) is 11.8. The number of ether oxygens (including phenoxy) is 1. The summed E-state index contributed by atoms with van der Waals surface area (Å²) in [5.41, 5.74) is 3.67. The van der Waals surface area contributed by atoms with Gasteiger partial charge in [-0.25, -0.2) is 4.79 Å². The van der Waals surface area contributed by atoms with Gasteiger partial charge in [-0.15, -0.1) is 0 Å². The van der Waals surface area contributed by atoms with Gasteiger partial charge in [0.25, 0.3) is 0 Å². The molecule has 2 aromatic rings. The van der Waals surface area contributed by atoms with Crippen LogP contribution in [0.3, 0.4) is 0 Å². The Morgan fingerprint density at radius 1 is 1.20 bits per heavy atom. The van der Waals surface area contributed by atoms with Gasteiger partial charge in [-0.2, -0.15) is 0 Å². The number of esters is 1. The van der Waals surface area contributed by atoms with Crippen LogP contribution in [0.1, 0.15) is 22.9 Å². The van der Waals surface area contributed by atoms with Crippen LogP contribution in [0.4, 0.5) is 5.69 Å². The molecule has 2 rings (SSSR count). The van der Waals surface area contributed by atoms with Crippen LogP contribution in [0.5, 0.6) is 0 Å². The monoisotopic (exact) mass is 270 g/mol. The fourth-order valence-corrected chi connectivity index (χ4v) is 1.94. The van der Waals surface area contributed by atoms with Crippen LogP contribution in [0.2, 0.25) is 0 Å². The highest BCUT2D eigenvalue weighted by Gasteiger charge is 2.22. The average molecular weight is 270 g/mol. The number of anilines is 1. The maximum Gasteiger partial charge on any atom is 0.333 e. The first-order chi connectivity index (χ1) is 9.61. The van der Waals surface area contributed by atoms with Gasteiger partial charge in [0.05, 0.1) is 7.11 Å². The smallest absolute Gasteiger partial charge is 0.333 e. The lowest BCUT2D eigenvalue weighted by Crippen LogP contribution is -2.22. The average Bonchev–Trinajstić information content (AvgIpc) is 2.47. The van der Waals surface area contributed by atoms with Crippen molar-refractivity contribution in [2.24, 2.45) is 0 Å². The minimum Gasteiger partial charge on any atom is -0.467 e. The van der Waals surface area contributed by atoms with Crippen molar-refractivity contribution in [3.63, 3.8) is 0 Å². The number of methoxy groups -OCH3 is 1. The molecule has 1 aromatic heterocycles. The summed E-state index contributed by atoms with van der Waals surface area (Å²) in [6, 6.07) is 11.0. The summed E-state index contributed by atoms with van der Waals surface area (Å²) in [6.07, 6.45) is 1.70. The number of aryl methyl sites for hydroxylation is 2. The topological polar surface area (TPSA) is 51.2 Å². The molecule has 1 unspecified atom stereocenters. The Morgan fingerprint density at radius 2 is 1.95 bits per heavy atom. The van der Waals surface area contributed by atoms with E-state index in [0.717, 1.165) is 22.5 Å². The molecule has 1 N–H and O–H groups in total. The predicted octanol–water partition coefficient (Wildman–Crippen LogP) is 3.02. The lowest BCUT2D eigenvalue weighted by Gasteiger charge is -2.19. The lowest BCUT2D eigenvalue weighted by atomic mass is 10.1. The van der Waals surface area contributed by atoms with Gasteiger partial charge < -0.3 is 10.1 Å². The van der Waals surface area contributed by atoms with E-state index in [0.29, 0.717) is 0 Å². The Hall–Kier alpha value is -2.36. The van der Waals surface area contributed by atoms with Crippen molar-refractivity contribution in [1.82, 2.24) is 4.98 Å². The van der Waals surface area contributed by atoms with E-state index in [2.05, 4.69) is 10.3 Å². The van der Waals surface area contributed by atoms with Gasteiger partial charge in [0, 0.05) is 23.1 Å². The third kappa shape index (κ3) is 3.15. The van der Waals surface area contributed by atoms with E-state index < -0.39 is 6.04 Å². The molecule has 0 bridgehead atoms. The molecular formula is C16H18N2O2. The van der Waals surface area contributed by atoms with E-state index in [9.17, 15) is 4.79 Å². The molecular weight excluding hydrogens is 252 g/mol. The van der Waals surface area contributed by atoms with Gasteiger partial charge in [0.15, 0.2) is 6.04 Å². The molecule has 0 amide bonds. The third-order valence-electron chi connectivity index (χ3n) is 3.15. The summed E-state index contributed by atoms with van der Waals surface area (Å²) < 4.78 is 4.88. The molecule has 0 aliphatic heterocycles. The fraction of sp³-hybridized carbons (Fsp3) is 0.250. The van der Waals surface area contributed by atoms with Gasteiger partial charge in [-0.1, -0.05) is 24.3 Å². The molecule has 0 aliphatic rings. The first-order valence-electron chi connectivity index (χ1n) is 6.44. The molecule has 0 spiro atoms. The zero-order valence-corrected chi connectivity index (χ0v) is 11.9. The largest absolute Gasteiger partial charge is 0.467 e. The first-order valence-corrected chi connectivity index (χ1v) is 6.44. The molecule has 4 nitrogen and oxygen atoms in total. The van der Waals surface area contributed by atoms with Gasteiger partial charge in [-0.3, -0.25) is 4.98 Å². The molecule has 0 aliphatic carbocycles. The Morgan fingerprint density at radius 3 is 2.55 bits per heavy atom. The third-order valence-corrected chi connectivity index (χ3v) is 3.15. The predicted molar refractivity (Wildman–Crippen MR) is 78.5 cm³/mol. The number of benzene rings is 1. The number of hydrogen-bond donors (Lipinski definition) is 1. The Balaban J connectivity index is 2.31. The molecule has 0 radical (unpaired) electrons. The molecule has 4 heteroatoms. The van der Waals surface area contributed by atoms with Crippen molar-refractivity contribution in [3.8, 4) is 0 Å². The maximum atomic E-state index is 12.0. The zero-order chi connectivity index (χ0) is 14.5. The molecule has 104 valence electrons. The minimum atomic E-state index is -0.561. The van der Waals surface area contributed by atoms with E-state index in [1.807, 2.05) is 50.2 Å². The number of carbonyl (C=O) groups is 1.